The van der Waals surface area contributed by atoms with Crippen molar-refractivity contribution in [2.24, 2.45) is 0 Å². The average molecular weight is 784 g/mol. The number of nitrogens with one attached hydrogen (secondary N) is 2. The standard InChI is InChI=1S/C46H49N5O7/c1-2-37(30-6-4-3-5-7-30)43(31-8-12-33(52)13-9-31)32-10-14-34(15-11-32)57-27-26-49-22-24-50(25-23-49)41-20-17-36(29-47-41)58-35-16-18-38-39(28-35)46(56)51(45(38)55)40-19-21-42(53)48-44(40)54/h3-16,18,28,36,40-41,47,52H,2,17,19-27,29H2,1H3,(H,48,53,54)/b43-37-. The van der Waals surface area contributed by atoms with Crippen molar-refractivity contribution in [1.29, 1.82) is 0 Å². The van der Waals surface area contributed by atoms with Gasteiger partial charge in [0.1, 0.15) is 36.0 Å². The molecule has 4 aliphatic heterocycles. The number of rotatable bonds is 12. The molecule has 4 aliphatic rings. The third-order valence-electron chi connectivity index (χ3n) is 11.7. The lowest BCUT2D eigenvalue weighted by Crippen LogP contribution is -2.58. The summed E-state index contributed by atoms with van der Waals surface area (Å²) in [6.07, 6.45) is 2.99. The highest BCUT2D eigenvalue weighted by Crippen LogP contribution is 2.36. The van der Waals surface area contributed by atoms with Gasteiger partial charge in [-0.3, -0.25) is 44.5 Å². The van der Waals surface area contributed by atoms with Crippen LogP contribution < -0.4 is 20.1 Å². The van der Waals surface area contributed by atoms with Gasteiger partial charge < -0.3 is 14.6 Å². The van der Waals surface area contributed by atoms with Gasteiger partial charge in [0, 0.05) is 45.7 Å². The lowest BCUT2D eigenvalue weighted by molar-refractivity contribution is -0.136. The Morgan fingerprint density at radius 1 is 0.759 bits per heavy atom. The van der Waals surface area contributed by atoms with E-state index in [9.17, 15) is 24.3 Å². The van der Waals surface area contributed by atoms with Gasteiger partial charge in [-0.15, -0.1) is 0 Å². The molecular formula is C46H49N5O7. The number of aromatic hydroxyl groups is 1. The van der Waals surface area contributed by atoms with Crippen LogP contribution in [0.5, 0.6) is 17.2 Å². The first-order valence-corrected chi connectivity index (χ1v) is 20.3. The van der Waals surface area contributed by atoms with Gasteiger partial charge in [0.25, 0.3) is 11.8 Å². The first-order chi connectivity index (χ1) is 28.2. The van der Waals surface area contributed by atoms with Crippen LogP contribution in [0.2, 0.25) is 0 Å². The topological polar surface area (TPSA) is 141 Å². The molecule has 0 aromatic heterocycles. The minimum absolute atomic E-state index is 0.0786. The van der Waals surface area contributed by atoms with Crippen LogP contribution in [0.4, 0.5) is 0 Å². The van der Waals surface area contributed by atoms with Crippen LogP contribution in [0.25, 0.3) is 11.1 Å². The number of nitrogens with zero attached hydrogens (tertiary/aromatic N) is 3. The highest BCUT2D eigenvalue weighted by Gasteiger charge is 2.45. The van der Waals surface area contributed by atoms with Gasteiger partial charge in [-0.25, -0.2) is 0 Å². The summed E-state index contributed by atoms with van der Waals surface area (Å²) in [6.45, 7) is 8.10. The van der Waals surface area contributed by atoms with E-state index in [2.05, 4.69) is 63.8 Å². The van der Waals surface area contributed by atoms with Gasteiger partial charge in [-0.1, -0.05) is 61.5 Å². The number of benzene rings is 4. The number of amides is 4. The van der Waals surface area contributed by atoms with E-state index in [0.717, 1.165) is 79.3 Å². The third kappa shape index (κ3) is 8.40. The number of ether oxygens (including phenoxy) is 2. The van der Waals surface area contributed by atoms with Gasteiger partial charge in [0.2, 0.25) is 11.8 Å². The molecule has 0 bridgehead atoms. The van der Waals surface area contributed by atoms with Crippen LogP contribution in [0.3, 0.4) is 0 Å². The van der Waals surface area contributed by atoms with E-state index in [1.54, 1.807) is 30.3 Å². The normalized spacial score (nSPS) is 22.0. The fourth-order valence-corrected chi connectivity index (χ4v) is 8.56. The van der Waals surface area contributed by atoms with Crippen molar-refractivity contribution in [3.63, 3.8) is 0 Å². The van der Waals surface area contributed by atoms with E-state index in [-0.39, 0.29) is 42.0 Å². The number of carbonyl (C=O) groups excluding carboxylic acids is 4. The second kappa shape index (κ2) is 17.4. The lowest BCUT2D eigenvalue weighted by Gasteiger charge is -2.42. The van der Waals surface area contributed by atoms with Gasteiger partial charge in [-0.05, 0) is 96.0 Å². The zero-order valence-corrected chi connectivity index (χ0v) is 32.7. The number of imide groups is 2. The molecule has 3 unspecified atom stereocenters. The van der Waals surface area contributed by atoms with E-state index < -0.39 is 29.7 Å². The molecule has 0 radical (unpaired) electrons. The zero-order valence-electron chi connectivity index (χ0n) is 32.7. The summed E-state index contributed by atoms with van der Waals surface area (Å²) in [5, 5.41) is 15.8. The fourth-order valence-electron chi connectivity index (χ4n) is 8.56. The van der Waals surface area contributed by atoms with Crippen molar-refractivity contribution in [2.75, 3.05) is 45.9 Å². The third-order valence-corrected chi connectivity index (χ3v) is 11.7. The molecule has 12 heteroatoms. The summed E-state index contributed by atoms with van der Waals surface area (Å²) in [6, 6.07) is 30.1. The van der Waals surface area contributed by atoms with E-state index in [0.29, 0.717) is 18.9 Å². The monoisotopic (exact) mass is 783 g/mol. The van der Waals surface area contributed by atoms with Gasteiger partial charge >= 0.3 is 0 Å². The van der Waals surface area contributed by atoms with Crippen molar-refractivity contribution in [1.82, 2.24) is 25.3 Å². The number of hydrogen-bond acceptors (Lipinski definition) is 10. The molecule has 4 aromatic carbocycles. The molecule has 4 heterocycles. The quantitative estimate of drug-likeness (QED) is 0.128. The smallest absolute Gasteiger partial charge is 0.262 e. The van der Waals surface area contributed by atoms with Crippen LogP contribution in [-0.4, -0.2) is 108 Å². The SMILES string of the molecule is CC/C(=C(\c1ccc(O)cc1)c1ccc(OCCN2CCN(C3CCC(Oc4ccc5c(c4)C(=O)N(C4CCC(=O)NC4=O)C5=O)CN3)CC2)cc1)c1ccccc1. The molecule has 0 aliphatic carbocycles. The van der Waals surface area contributed by atoms with E-state index >= 15 is 0 Å². The molecule has 12 nitrogen and oxygen atoms in total. The molecule has 4 aromatic rings. The van der Waals surface area contributed by atoms with Crippen LogP contribution in [0, 0.1) is 0 Å². The zero-order chi connectivity index (χ0) is 40.2. The number of allylic oxidation sites excluding steroid dienone is 1. The number of piperazine rings is 1. The first kappa shape index (κ1) is 39.0. The van der Waals surface area contributed by atoms with Crippen LogP contribution in [0.1, 0.15) is 76.4 Å². The summed E-state index contributed by atoms with van der Waals surface area (Å²) in [4.78, 5) is 56.2. The molecule has 3 saturated heterocycles. The molecule has 58 heavy (non-hydrogen) atoms. The highest BCUT2D eigenvalue weighted by molar-refractivity contribution is 6.23. The number of phenols is 1. The number of piperidine rings is 2. The Labute approximate surface area is 338 Å². The minimum atomic E-state index is -0.996. The summed E-state index contributed by atoms with van der Waals surface area (Å²) in [7, 11) is 0. The summed E-state index contributed by atoms with van der Waals surface area (Å²) in [5.41, 5.74) is 6.18. The Kier molecular flexibility index (Phi) is 11.7. The molecule has 8 rings (SSSR count). The van der Waals surface area contributed by atoms with Gasteiger partial charge in [0.15, 0.2) is 0 Å². The second-order valence-electron chi connectivity index (χ2n) is 15.3. The van der Waals surface area contributed by atoms with Crippen LogP contribution in [-0.2, 0) is 9.59 Å². The van der Waals surface area contributed by atoms with Crippen molar-refractivity contribution < 1.29 is 33.8 Å². The molecule has 3 atom stereocenters. The minimum Gasteiger partial charge on any atom is -0.508 e. The summed E-state index contributed by atoms with van der Waals surface area (Å²) >= 11 is 0. The van der Waals surface area contributed by atoms with Crippen molar-refractivity contribution in [3.05, 3.63) is 125 Å². The molecule has 0 spiro atoms. The van der Waals surface area contributed by atoms with Crippen molar-refractivity contribution >= 4 is 34.8 Å². The summed E-state index contributed by atoms with van der Waals surface area (Å²) < 4.78 is 12.5. The Bertz CT molecular complexity index is 2170. The number of phenolic OH excluding ortho intramolecular Hbond substituents is 1. The second-order valence-corrected chi connectivity index (χ2v) is 15.3. The van der Waals surface area contributed by atoms with E-state index in [1.165, 1.54) is 11.1 Å². The lowest BCUT2D eigenvalue weighted by atomic mass is 9.88. The fraction of sp³-hybridized carbons (Fsp3) is 0.348. The maximum Gasteiger partial charge on any atom is 0.262 e. The molecular weight excluding hydrogens is 735 g/mol. The largest absolute Gasteiger partial charge is 0.508 e. The molecule has 3 fully saturated rings. The number of fused-ring (bicyclic) bond motifs is 1. The summed E-state index contributed by atoms with van der Waals surface area (Å²) in [5.74, 6) is -0.508. The highest BCUT2D eigenvalue weighted by atomic mass is 16.5. The predicted octanol–water partition coefficient (Wildman–Crippen LogP) is 5.32. The number of hydrogen-bond donors (Lipinski definition) is 3. The van der Waals surface area contributed by atoms with Crippen molar-refractivity contribution in [2.45, 2.75) is 57.3 Å². The van der Waals surface area contributed by atoms with Gasteiger partial charge in [-0.2, -0.15) is 0 Å². The average Bonchev–Trinajstić information content (AvgIpc) is 3.49. The first-order valence-electron chi connectivity index (χ1n) is 20.3. The maximum atomic E-state index is 13.2. The maximum absolute atomic E-state index is 13.2. The number of carbonyl (C=O) groups is 4. The molecule has 0 saturated carbocycles. The molecule has 4 amide bonds. The molecule has 3 N–H and O–H groups in total. The van der Waals surface area contributed by atoms with E-state index in [4.69, 9.17) is 9.47 Å². The van der Waals surface area contributed by atoms with Crippen LogP contribution in [0.15, 0.2) is 97.1 Å². The van der Waals surface area contributed by atoms with E-state index in [1.807, 2.05) is 30.3 Å². The van der Waals surface area contributed by atoms with Crippen LogP contribution >= 0.6 is 0 Å². The molecule has 300 valence electrons. The Balaban J connectivity index is 0.789. The Morgan fingerprint density at radius 3 is 2.12 bits per heavy atom. The predicted molar refractivity (Wildman–Crippen MR) is 219 cm³/mol. The van der Waals surface area contributed by atoms with Gasteiger partial charge in [0.05, 0.1) is 17.3 Å². The Morgan fingerprint density at radius 2 is 1.45 bits per heavy atom. The van der Waals surface area contributed by atoms with Crippen molar-refractivity contribution in [3.8, 4) is 17.2 Å². The Hall–Kier alpha value is -5.82.